The molecule has 0 spiro atoms. The molecule has 21 heavy (non-hydrogen) atoms. The summed E-state index contributed by atoms with van der Waals surface area (Å²) in [5.41, 5.74) is 0. The van der Waals surface area contributed by atoms with Crippen LogP contribution >= 0.6 is 0 Å². The third kappa shape index (κ3) is 3.19. The number of piperidine rings is 1. The number of ether oxygens (including phenoxy) is 1. The number of carbonyl (C=O) groups excluding carboxylic acids is 1. The number of rotatable bonds is 4. The third-order valence-corrected chi connectivity index (χ3v) is 6.15. The normalized spacial score (nSPS) is 25.9. The Kier molecular flexibility index (Phi) is 4.84. The maximum atomic E-state index is 12.6. The fourth-order valence-corrected chi connectivity index (χ4v) is 4.71. The molecule has 2 fully saturated rings. The maximum absolute atomic E-state index is 12.6. The molecule has 1 atom stereocenters. The van der Waals surface area contributed by atoms with Gasteiger partial charge in [0.15, 0.2) is 0 Å². The zero-order chi connectivity index (χ0) is 15.6. The summed E-state index contributed by atoms with van der Waals surface area (Å²) in [5, 5.41) is 8.95. The average Bonchev–Trinajstić information content (AvgIpc) is 2.96. The quantitative estimate of drug-likeness (QED) is 0.711. The molecule has 8 nitrogen and oxygen atoms in total. The van der Waals surface area contributed by atoms with Gasteiger partial charge in [-0.2, -0.15) is 17.0 Å². The second-order valence-corrected chi connectivity index (χ2v) is 7.19. The number of aliphatic carboxylic acids is 1. The number of carbonyl (C=O) groups is 2. The Morgan fingerprint density at radius 3 is 2.29 bits per heavy atom. The number of nitrogens with zero attached hydrogens (tertiary/aromatic N) is 2. The van der Waals surface area contributed by atoms with E-state index in [0.29, 0.717) is 32.2 Å². The van der Waals surface area contributed by atoms with Gasteiger partial charge in [0.1, 0.15) is 6.04 Å². The standard InChI is InChI=1S/C12H20N2O6S/c1-20-12(17)10-3-2-6-14(10)21(18,19)13-7-4-9(5-8-13)11(15)16/h9-10H,2-8H2,1H3,(H,15,16). The third-order valence-electron chi connectivity index (χ3n) is 4.10. The summed E-state index contributed by atoms with van der Waals surface area (Å²) in [6, 6.07) is -0.766. The minimum Gasteiger partial charge on any atom is -0.481 e. The van der Waals surface area contributed by atoms with Crippen LogP contribution in [-0.4, -0.2) is 66.9 Å². The molecule has 0 radical (unpaired) electrons. The molecule has 2 aliphatic heterocycles. The van der Waals surface area contributed by atoms with Crippen LogP contribution in [0.3, 0.4) is 0 Å². The van der Waals surface area contributed by atoms with E-state index in [1.54, 1.807) is 0 Å². The van der Waals surface area contributed by atoms with Gasteiger partial charge in [-0.3, -0.25) is 9.59 Å². The van der Waals surface area contributed by atoms with Crippen LogP contribution < -0.4 is 0 Å². The lowest BCUT2D eigenvalue weighted by atomic mass is 9.99. The molecule has 9 heteroatoms. The van der Waals surface area contributed by atoms with E-state index in [4.69, 9.17) is 5.11 Å². The minimum absolute atomic E-state index is 0.170. The molecule has 2 aliphatic rings. The Morgan fingerprint density at radius 1 is 1.14 bits per heavy atom. The predicted molar refractivity (Wildman–Crippen MR) is 72.6 cm³/mol. The van der Waals surface area contributed by atoms with Crippen LogP contribution in [0.4, 0.5) is 0 Å². The van der Waals surface area contributed by atoms with Gasteiger partial charge in [0.25, 0.3) is 10.2 Å². The molecule has 2 heterocycles. The number of hydrogen-bond acceptors (Lipinski definition) is 5. The van der Waals surface area contributed by atoms with Crippen molar-refractivity contribution < 1.29 is 27.9 Å². The molecule has 0 aromatic rings. The van der Waals surface area contributed by atoms with Crippen molar-refractivity contribution in [3.05, 3.63) is 0 Å². The Balaban J connectivity index is 2.08. The monoisotopic (exact) mass is 320 g/mol. The lowest BCUT2D eigenvalue weighted by molar-refractivity contribution is -0.144. The summed E-state index contributed by atoms with van der Waals surface area (Å²) in [6.45, 7) is 0.633. The molecule has 1 unspecified atom stereocenters. The molecule has 0 bridgehead atoms. The Bertz CT molecular complexity index is 512. The first-order chi connectivity index (χ1) is 9.87. The predicted octanol–water partition coefficient (Wildman–Crippen LogP) is -0.335. The van der Waals surface area contributed by atoms with Gasteiger partial charge in [0.2, 0.25) is 0 Å². The molecular weight excluding hydrogens is 300 g/mol. The van der Waals surface area contributed by atoms with Crippen LogP contribution in [0.15, 0.2) is 0 Å². The summed E-state index contributed by atoms with van der Waals surface area (Å²) >= 11 is 0. The van der Waals surface area contributed by atoms with Crippen molar-refractivity contribution in [2.24, 2.45) is 5.92 Å². The summed E-state index contributed by atoms with van der Waals surface area (Å²) in [5.74, 6) is -1.93. The summed E-state index contributed by atoms with van der Waals surface area (Å²) in [4.78, 5) is 22.6. The second-order valence-electron chi connectivity index (χ2n) is 5.31. The van der Waals surface area contributed by atoms with Crippen molar-refractivity contribution in [3.63, 3.8) is 0 Å². The van der Waals surface area contributed by atoms with E-state index >= 15 is 0 Å². The van der Waals surface area contributed by atoms with Crippen molar-refractivity contribution in [2.75, 3.05) is 26.7 Å². The Labute approximate surface area is 123 Å². The minimum atomic E-state index is -3.74. The van der Waals surface area contributed by atoms with Crippen molar-refractivity contribution in [1.82, 2.24) is 8.61 Å². The Hall–Kier alpha value is -1.19. The highest BCUT2D eigenvalue weighted by atomic mass is 32.2. The topological polar surface area (TPSA) is 104 Å². The van der Waals surface area contributed by atoms with Crippen LogP contribution in [0.2, 0.25) is 0 Å². The zero-order valence-electron chi connectivity index (χ0n) is 11.9. The molecule has 0 aromatic heterocycles. The van der Waals surface area contributed by atoms with Gasteiger partial charge in [-0.05, 0) is 25.7 Å². The van der Waals surface area contributed by atoms with Crippen LogP contribution in [0.25, 0.3) is 0 Å². The van der Waals surface area contributed by atoms with Crippen LogP contribution in [0.1, 0.15) is 25.7 Å². The number of methoxy groups -OCH3 is 1. The van der Waals surface area contributed by atoms with E-state index in [0.717, 1.165) is 0 Å². The van der Waals surface area contributed by atoms with Crippen LogP contribution in [-0.2, 0) is 24.5 Å². The SMILES string of the molecule is COC(=O)C1CCCN1S(=O)(=O)N1CCC(C(=O)O)CC1. The number of esters is 1. The highest BCUT2D eigenvalue weighted by Crippen LogP contribution is 2.27. The van der Waals surface area contributed by atoms with Gasteiger partial charge in [-0.1, -0.05) is 0 Å². The molecule has 120 valence electrons. The van der Waals surface area contributed by atoms with E-state index in [-0.39, 0.29) is 13.1 Å². The highest BCUT2D eigenvalue weighted by Gasteiger charge is 2.43. The highest BCUT2D eigenvalue weighted by molar-refractivity contribution is 7.86. The van der Waals surface area contributed by atoms with Crippen LogP contribution in [0, 0.1) is 5.92 Å². The first-order valence-electron chi connectivity index (χ1n) is 6.95. The van der Waals surface area contributed by atoms with E-state index in [9.17, 15) is 18.0 Å². The van der Waals surface area contributed by atoms with Gasteiger partial charge < -0.3 is 9.84 Å². The fourth-order valence-electron chi connectivity index (χ4n) is 2.87. The number of carboxylic acids is 1. The lowest BCUT2D eigenvalue weighted by Gasteiger charge is -2.33. The van der Waals surface area contributed by atoms with Crippen molar-refractivity contribution in [2.45, 2.75) is 31.7 Å². The fraction of sp³-hybridized carbons (Fsp3) is 0.833. The second kappa shape index (κ2) is 6.29. The molecule has 2 rings (SSSR count). The number of carboxylic acid groups (broad SMARTS) is 1. The largest absolute Gasteiger partial charge is 0.481 e. The molecule has 0 aromatic carbocycles. The first kappa shape index (κ1) is 16.2. The zero-order valence-corrected chi connectivity index (χ0v) is 12.7. The lowest BCUT2D eigenvalue weighted by Crippen LogP contribution is -2.51. The van der Waals surface area contributed by atoms with E-state index in [1.165, 1.54) is 15.7 Å². The van der Waals surface area contributed by atoms with Gasteiger partial charge in [0.05, 0.1) is 13.0 Å². The van der Waals surface area contributed by atoms with Crippen LogP contribution in [0.5, 0.6) is 0 Å². The number of hydrogen-bond donors (Lipinski definition) is 1. The van der Waals surface area contributed by atoms with E-state index < -0.39 is 34.1 Å². The summed E-state index contributed by atoms with van der Waals surface area (Å²) < 4.78 is 32.3. The average molecular weight is 320 g/mol. The molecule has 0 amide bonds. The molecule has 0 aliphatic carbocycles. The smallest absolute Gasteiger partial charge is 0.324 e. The van der Waals surface area contributed by atoms with Crippen molar-refractivity contribution >= 4 is 22.1 Å². The molecule has 2 saturated heterocycles. The van der Waals surface area contributed by atoms with Gasteiger partial charge in [-0.15, -0.1) is 0 Å². The molecular formula is C12H20N2O6S. The van der Waals surface area contributed by atoms with Gasteiger partial charge in [0, 0.05) is 19.6 Å². The van der Waals surface area contributed by atoms with Gasteiger partial charge in [-0.25, -0.2) is 0 Å². The van der Waals surface area contributed by atoms with Crippen molar-refractivity contribution in [1.29, 1.82) is 0 Å². The molecule has 1 N–H and O–H groups in total. The van der Waals surface area contributed by atoms with E-state index in [1.807, 2.05) is 0 Å². The van der Waals surface area contributed by atoms with E-state index in [2.05, 4.69) is 4.74 Å². The summed E-state index contributed by atoms with van der Waals surface area (Å²) in [7, 11) is -2.50. The van der Waals surface area contributed by atoms with Crippen molar-refractivity contribution in [3.8, 4) is 0 Å². The van der Waals surface area contributed by atoms with Gasteiger partial charge >= 0.3 is 11.9 Å². The molecule has 0 saturated carbocycles. The summed E-state index contributed by atoms with van der Waals surface area (Å²) in [6.07, 6.45) is 1.67. The Morgan fingerprint density at radius 2 is 1.76 bits per heavy atom. The first-order valence-corrected chi connectivity index (χ1v) is 8.35. The maximum Gasteiger partial charge on any atom is 0.324 e.